The third kappa shape index (κ3) is 2.80. The van der Waals surface area contributed by atoms with E-state index >= 15 is 0 Å². The van der Waals surface area contributed by atoms with Gasteiger partial charge < -0.3 is 14.4 Å². The standard InChI is InChI=1S/C24H31NO3/c1-16-17(2)24-9-12-28-23(21(24)14-19(16)15-24)18-5-7-20(8-6-18)27-13-11-25-10-3-4-22(25)26/h5-8,17,19,21,23H,1,3-4,9-15H2,2H3/t17?,19-,21-,23-,24?/m1/s1. The summed E-state index contributed by atoms with van der Waals surface area (Å²) in [6.45, 7) is 9.74. The van der Waals surface area contributed by atoms with Crippen molar-refractivity contribution in [2.24, 2.45) is 23.2 Å². The van der Waals surface area contributed by atoms with Crippen LogP contribution in [0.2, 0.25) is 0 Å². The van der Waals surface area contributed by atoms with Crippen LogP contribution in [0.5, 0.6) is 5.75 Å². The fourth-order valence-corrected chi connectivity index (χ4v) is 6.46. The van der Waals surface area contributed by atoms with Crippen LogP contribution in [0.1, 0.15) is 50.7 Å². The van der Waals surface area contributed by atoms with Crippen LogP contribution in [0.3, 0.4) is 0 Å². The zero-order valence-electron chi connectivity index (χ0n) is 16.9. The summed E-state index contributed by atoms with van der Waals surface area (Å²) >= 11 is 0. The molecule has 4 nitrogen and oxygen atoms in total. The average Bonchev–Trinajstić information content (AvgIpc) is 3.36. The molecule has 4 aliphatic rings. The lowest BCUT2D eigenvalue weighted by atomic mass is 9.62. The summed E-state index contributed by atoms with van der Waals surface area (Å²) in [7, 11) is 0. The van der Waals surface area contributed by atoms with Crippen LogP contribution in [0, 0.1) is 23.2 Å². The Morgan fingerprint density at radius 3 is 2.86 bits per heavy atom. The van der Waals surface area contributed by atoms with Crippen molar-refractivity contribution < 1.29 is 14.3 Å². The molecule has 0 N–H and O–H groups in total. The molecule has 1 aromatic carbocycles. The normalized spacial score (nSPS) is 36.8. The van der Waals surface area contributed by atoms with Gasteiger partial charge in [0.15, 0.2) is 0 Å². The number of hydrogen-bond donors (Lipinski definition) is 0. The number of likely N-dealkylation sites (tertiary alicyclic amines) is 1. The molecule has 2 saturated heterocycles. The third-order valence-corrected chi connectivity index (χ3v) is 8.09. The zero-order chi connectivity index (χ0) is 19.3. The highest BCUT2D eigenvalue weighted by molar-refractivity contribution is 5.78. The Hall–Kier alpha value is -1.81. The van der Waals surface area contributed by atoms with Gasteiger partial charge in [-0.25, -0.2) is 0 Å². The number of ether oxygens (including phenoxy) is 2. The lowest BCUT2D eigenvalue weighted by molar-refractivity contribution is -0.128. The van der Waals surface area contributed by atoms with Crippen LogP contribution in [0.4, 0.5) is 0 Å². The quantitative estimate of drug-likeness (QED) is 0.711. The first-order valence-electron chi connectivity index (χ1n) is 10.9. The molecule has 1 aromatic rings. The second-order valence-corrected chi connectivity index (χ2v) is 9.22. The molecule has 2 bridgehead atoms. The Morgan fingerprint density at radius 2 is 2.14 bits per heavy atom. The van der Waals surface area contributed by atoms with E-state index in [1.54, 1.807) is 0 Å². The van der Waals surface area contributed by atoms with Crippen molar-refractivity contribution >= 4 is 5.91 Å². The first-order chi connectivity index (χ1) is 13.6. The fourth-order valence-electron chi connectivity index (χ4n) is 6.46. The molecule has 2 aliphatic heterocycles. The van der Waals surface area contributed by atoms with Crippen molar-refractivity contribution in [3.63, 3.8) is 0 Å². The van der Waals surface area contributed by atoms with E-state index < -0.39 is 0 Å². The number of rotatable bonds is 5. The molecule has 28 heavy (non-hydrogen) atoms. The van der Waals surface area contributed by atoms with Crippen LogP contribution < -0.4 is 4.74 Å². The smallest absolute Gasteiger partial charge is 0.222 e. The highest BCUT2D eigenvalue weighted by Gasteiger charge is 2.61. The maximum absolute atomic E-state index is 11.7. The van der Waals surface area contributed by atoms with Crippen LogP contribution in [-0.4, -0.2) is 37.1 Å². The first-order valence-corrected chi connectivity index (χ1v) is 10.9. The molecule has 4 fully saturated rings. The molecule has 1 spiro atoms. The summed E-state index contributed by atoms with van der Waals surface area (Å²) in [6.07, 6.45) is 5.59. The molecule has 0 aromatic heterocycles. The molecule has 150 valence electrons. The molecule has 5 atom stereocenters. The van der Waals surface area contributed by atoms with Crippen LogP contribution in [0.15, 0.2) is 36.4 Å². The van der Waals surface area contributed by atoms with Gasteiger partial charge in [-0.15, -0.1) is 0 Å². The largest absolute Gasteiger partial charge is 0.492 e. The molecular weight excluding hydrogens is 350 g/mol. The average molecular weight is 382 g/mol. The molecule has 1 amide bonds. The minimum absolute atomic E-state index is 0.200. The summed E-state index contributed by atoms with van der Waals surface area (Å²) in [6, 6.07) is 8.46. The van der Waals surface area contributed by atoms with Crippen molar-refractivity contribution in [3.05, 3.63) is 42.0 Å². The molecule has 4 heteroatoms. The maximum Gasteiger partial charge on any atom is 0.222 e. The van der Waals surface area contributed by atoms with Crippen molar-refractivity contribution in [2.75, 3.05) is 26.3 Å². The van der Waals surface area contributed by atoms with Crippen molar-refractivity contribution in [1.82, 2.24) is 4.90 Å². The summed E-state index contributed by atoms with van der Waals surface area (Å²) in [4.78, 5) is 13.6. The highest BCUT2D eigenvalue weighted by atomic mass is 16.5. The Labute approximate surface area is 167 Å². The predicted molar refractivity (Wildman–Crippen MR) is 108 cm³/mol. The number of hydrogen-bond acceptors (Lipinski definition) is 3. The van der Waals surface area contributed by atoms with Gasteiger partial charge in [-0.1, -0.05) is 31.2 Å². The van der Waals surface area contributed by atoms with Crippen LogP contribution in [-0.2, 0) is 9.53 Å². The first kappa shape index (κ1) is 18.2. The van der Waals surface area contributed by atoms with Crippen LogP contribution >= 0.6 is 0 Å². The molecule has 2 saturated carbocycles. The zero-order valence-corrected chi connectivity index (χ0v) is 16.9. The lowest BCUT2D eigenvalue weighted by Crippen LogP contribution is -2.42. The van der Waals surface area contributed by atoms with E-state index in [-0.39, 0.29) is 12.0 Å². The predicted octanol–water partition coefficient (Wildman–Crippen LogP) is 4.37. The Morgan fingerprint density at radius 1 is 1.32 bits per heavy atom. The van der Waals surface area contributed by atoms with E-state index in [4.69, 9.17) is 9.47 Å². The van der Waals surface area contributed by atoms with Crippen molar-refractivity contribution in [2.45, 2.75) is 45.1 Å². The number of allylic oxidation sites excluding steroid dienone is 1. The number of amides is 1. The van der Waals surface area contributed by atoms with Gasteiger partial charge in [0.25, 0.3) is 0 Å². The maximum atomic E-state index is 11.7. The van der Waals surface area contributed by atoms with E-state index in [1.165, 1.54) is 30.4 Å². The van der Waals surface area contributed by atoms with Crippen molar-refractivity contribution in [1.29, 1.82) is 0 Å². The van der Waals surface area contributed by atoms with Gasteiger partial charge in [-0.2, -0.15) is 0 Å². The summed E-state index contributed by atoms with van der Waals surface area (Å²) in [5.74, 6) is 3.05. The van der Waals surface area contributed by atoms with Gasteiger partial charge >= 0.3 is 0 Å². The molecule has 2 heterocycles. The lowest BCUT2D eigenvalue weighted by Gasteiger charge is -2.48. The number of benzene rings is 1. The van der Waals surface area contributed by atoms with Gasteiger partial charge in [0.05, 0.1) is 12.6 Å². The van der Waals surface area contributed by atoms with Gasteiger partial charge in [0.2, 0.25) is 5.91 Å². The minimum atomic E-state index is 0.200. The Bertz CT molecular complexity index is 773. The van der Waals surface area contributed by atoms with Gasteiger partial charge in [-0.05, 0) is 66.5 Å². The summed E-state index contributed by atoms with van der Waals surface area (Å²) in [5.41, 5.74) is 3.16. The van der Waals surface area contributed by atoms with E-state index in [9.17, 15) is 4.79 Å². The molecule has 2 unspecified atom stereocenters. The highest BCUT2D eigenvalue weighted by Crippen LogP contribution is 2.68. The third-order valence-electron chi connectivity index (χ3n) is 8.09. The molecule has 0 radical (unpaired) electrons. The SMILES string of the molecule is C=C1C(C)C23CCO[C@H](c4ccc(OCCN5CCCC5=O)cc4)[C@H]2C[C@@H]1C3. The van der Waals surface area contributed by atoms with Crippen LogP contribution in [0.25, 0.3) is 0 Å². The van der Waals surface area contributed by atoms with Crippen molar-refractivity contribution in [3.8, 4) is 5.75 Å². The molecule has 2 aliphatic carbocycles. The second-order valence-electron chi connectivity index (χ2n) is 9.22. The molecule has 5 rings (SSSR count). The Balaban J connectivity index is 1.23. The minimum Gasteiger partial charge on any atom is -0.492 e. The van der Waals surface area contributed by atoms with E-state index in [0.29, 0.717) is 42.7 Å². The fraction of sp³-hybridized carbons (Fsp3) is 0.625. The van der Waals surface area contributed by atoms with E-state index in [0.717, 1.165) is 25.3 Å². The summed E-state index contributed by atoms with van der Waals surface area (Å²) < 4.78 is 12.2. The van der Waals surface area contributed by atoms with Gasteiger partial charge in [0, 0.05) is 19.6 Å². The number of nitrogens with zero attached hydrogens (tertiary/aromatic N) is 1. The molecular formula is C24H31NO3. The van der Waals surface area contributed by atoms with Gasteiger partial charge in [-0.3, -0.25) is 4.79 Å². The number of carbonyl (C=O) groups excluding carboxylic acids is 1. The number of fused-ring (bicyclic) bond motifs is 1. The van der Waals surface area contributed by atoms with E-state index in [1.807, 2.05) is 4.90 Å². The number of carbonyl (C=O) groups is 1. The Kier molecular flexibility index (Phi) is 4.50. The second kappa shape index (κ2) is 6.91. The topological polar surface area (TPSA) is 38.8 Å². The van der Waals surface area contributed by atoms with Gasteiger partial charge in [0.1, 0.15) is 12.4 Å². The monoisotopic (exact) mass is 381 g/mol. The summed E-state index contributed by atoms with van der Waals surface area (Å²) in [5, 5.41) is 0. The van der Waals surface area contributed by atoms with E-state index in [2.05, 4.69) is 37.8 Å².